The van der Waals surface area contributed by atoms with Crippen LogP contribution in [0.3, 0.4) is 0 Å². The van der Waals surface area contributed by atoms with E-state index in [1.54, 1.807) is 12.1 Å². The number of fused-ring (bicyclic) bond motifs is 1. The predicted molar refractivity (Wildman–Crippen MR) is 63.1 cm³/mol. The molecule has 0 spiro atoms. The summed E-state index contributed by atoms with van der Waals surface area (Å²) in [7, 11) is 0. The summed E-state index contributed by atoms with van der Waals surface area (Å²) in [5.74, 6) is -1.78. The van der Waals surface area contributed by atoms with Crippen molar-refractivity contribution in [2.75, 3.05) is 0 Å². The van der Waals surface area contributed by atoms with Crippen LogP contribution in [-0.4, -0.2) is 16.2 Å². The molecule has 0 fully saturated rings. The predicted octanol–water partition coefficient (Wildman–Crippen LogP) is 2.96. The van der Waals surface area contributed by atoms with Crippen LogP contribution in [0, 0.1) is 5.92 Å². The van der Waals surface area contributed by atoms with Crippen molar-refractivity contribution < 1.29 is 19.4 Å². The Morgan fingerprint density at radius 3 is 2.65 bits per heavy atom. The summed E-state index contributed by atoms with van der Waals surface area (Å²) in [6, 6.07) is 4.86. The number of benzene rings is 1. The molecule has 1 aromatic carbocycles. The zero-order chi connectivity index (χ0) is 12.6. The van der Waals surface area contributed by atoms with E-state index in [4.69, 9.17) is 4.42 Å². The van der Waals surface area contributed by atoms with Gasteiger partial charge in [-0.05, 0) is 24.1 Å². The zero-order valence-corrected chi connectivity index (χ0v) is 9.68. The van der Waals surface area contributed by atoms with Crippen molar-refractivity contribution in [2.24, 2.45) is 5.92 Å². The first-order chi connectivity index (χ1) is 8.00. The fraction of sp³-hybridized carbons (Fsp3) is 0.308. The minimum atomic E-state index is -0.943. The number of rotatable bonds is 3. The second-order valence-electron chi connectivity index (χ2n) is 4.43. The lowest BCUT2D eigenvalue weighted by Gasteiger charge is -2.17. The fourth-order valence-corrected chi connectivity index (χ4v) is 2.04. The average Bonchev–Trinajstić information content (AvgIpc) is 2.64. The van der Waals surface area contributed by atoms with Gasteiger partial charge in [0.15, 0.2) is 0 Å². The van der Waals surface area contributed by atoms with E-state index in [-0.39, 0.29) is 11.7 Å². The molecular formula is C13H14O4. The van der Waals surface area contributed by atoms with Gasteiger partial charge < -0.3 is 14.6 Å². The number of carboxylic acids is 1. The summed E-state index contributed by atoms with van der Waals surface area (Å²) in [4.78, 5) is 11.2. The Labute approximate surface area is 98.5 Å². The minimum absolute atomic E-state index is 0.000000000000000222. The normalized spacial score (nSPS) is 13.1. The summed E-state index contributed by atoms with van der Waals surface area (Å²) in [5, 5.41) is 19.9. The minimum Gasteiger partial charge on any atom is -0.508 e. The van der Waals surface area contributed by atoms with E-state index in [0.717, 1.165) is 5.39 Å². The number of aliphatic carboxylic acids is 1. The van der Waals surface area contributed by atoms with Gasteiger partial charge in [0.1, 0.15) is 11.3 Å². The second-order valence-corrected chi connectivity index (χ2v) is 4.43. The van der Waals surface area contributed by atoms with Crippen molar-refractivity contribution in [3.63, 3.8) is 0 Å². The standard InChI is InChI=1S/C13H14O4/c1-7(2)12(13(15)16)9-6-11-8(3-4-17-11)5-10(9)14/h3-7,12,14H,1-2H3,(H,15,16). The third-order valence-corrected chi connectivity index (χ3v) is 2.87. The van der Waals surface area contributed by atoms with Crippen LogP contribution in [0.15, 0.2) is 28.9 Å². The van der Waals surface area contributed by atoms with Gasteiger partial charge in [0, 0.05) is 10.9 Å². The van der Waals surface area contributed by atoms with Crippen LogP contribution in [0.4, 0.5) is 0 Å². The van der Waals surface area contributed by atoms with Gasteiger partial charge in [-0.1, -0.05) is 13.8 Å². The Morgan fingerprint density at radius 2 is 2.06 bits per heavy atom. The van der Waals surface area contributed by atoms with Gasteiger partial charge >= 0.3 is 5.97 Å². The lowest BCUT2D eigenvalue weighted by Crippen LogP contribution is -2.17. The maximum atomic E-state index is 11.2. The highest BCUT2D eigenvalue weighted by molar-refractivity contribution is 5.84. The molecule has 17 heavy (non-hydrogen) atoms. The molecular weight excluding hydrogens is 220 g/mol. The molecule has 1 atom stereocenters. The molecule has 0 aliphatic carbocycles. The monoisotopic (exact) mass is 234 g/mol. The lowest BCUT2D eigenvalue weighted by atomic mass is 9.87. The quantitative estimate of drug-likeness (QED) is 0.856. The molecule has 1 heterocycles. The largest absolute Gasteiger partial charge is 0.508 e. The van der Waals surface area contributed by atoms with Crippen LogP contribution in [0.1, 0.15) is 25.3 Å². The Bertz CT molecular complexity index is 554. The lowest BCUT2D eigenvalue weighted by molar-refractivity contribution is -0.139. The number of carbonyl (C=O) groups is 1. The fourth-order valence-electron chi connectivity index (χ4n) is 2.04. The first kappa shape index (κ1) is 11.5. The van der Waals surface area contributed by atoms with Gasteiger partial charge in [-0.25, -0.2) is 0 Å². The molecule has 4 nitrogen and oxygen atoms in total. The molecule has 2 aromatic rings. The summed E-state index contributed by atoms with van der Waals surface area (Å²) in [6.45, 7) is 3.62. The van der Waals surface area contributed by atoms with Crippen molar-refractivity contribution >= 4 is 16.9 Å². The van der Waals surface area contributed by atoms with Crippen LogP contribution in [-0.2, 0) is 4.79 Å². The van der Waals surface area contributed by atoms with E-state index >= 15 is 0 Å². The Hall–Kier alpha value is -1.97. The van der Waals surface area contributed by atoms with Crippen molar-refractivity contribution in [1.29, 1.82) is 0 Å². The molecule has 2 rings (SSSR count). The Balaban J connectivity index is 2.59. The summed E-state index contributed by atoms with van der Waals surface area (Å²) in [5.41, 5.74) is 0.986. The first-order valence-corrected chi connectivity index (χ1v) is 5.43. The number of carboxylic acid groups (broad SMARTS) is 1. The molecule has 0 aliphatic rings. The molecule has 0 aliphatic heterocycles. The van der Waals surface area contributed by atoms with Crippen LogP contribution in [0.25, 0.3) is 11.0 Å². The van der Waals surface area contributed by atoms with Crippen molar-refractivity contribution in [3.8, 4) is 5.75 Å². The maximum Gasteiger partial charge on any atom is 0.311 e. The van der Waals surface area contributed by atoms with Crippen molar-refractivity contribution in [3.05, 3.63) is 30.0 Å². The second kappa shape index (κ2) is 4.13. The maximum absolute atomic E-state index is 11.2. The summed E-state index contributed by atoms with van der Waals surface area (Å²) < 4.78 is 5.22. The van der Waals surface area contributed by atoms with E-state index in [1.165, 1.54) is 12.3 Å². The Kier molecular flexibility index (Phi) is 2.79. The molecule has 4 heteroatoms. The molecule has 1 aromatic heterocycles. The highest BCUT2D eigenvalue weighted by Gasteiger charge is 2.27. The van der Waals surface area contributed by atoms with Gasteiger partial charge in [-0.2, -0.15) is 0 Å². The van der Waals surface area contributed by atoms with Gasteiger partial charge in [0.2, 0.25) is 0 Å². The van der Waals surface area contributed by atoms with E-state index in [2.05, 4.69) is 0 Å². The molecule has 90 valence electrons. The number of phenols is 1. The third-order valence-electron chi connectivity index (χ3n) is 2.87. The number of aromatic hydroxyl groups is 1. The van der Waals surface area contributed by atoms with Crippen LogP contribution < -0.4 is 0 Å². The molecule has 0 radical (unpaired) electrons. The third kappa shape index (κ3) is 1.98. The van der Waals surface area contributed by atoms with Crippen LogP contribution in [0.5, 0.6) is 5.75 Å². The number of furan rings is 1. The van der Waals surface area contributed by atoms with E-state index in [1.807, 2.05) is 13.8 Å². The van der Waals surface area contributed by atoms with E-state index in [9.17, 15) is 15.0 Å². The van der Waals surface area contributed by atoms with E-state index in [0.29, 0.717) is 11.1 Å². The van der Waals surface area contributed by atoms with Gasteiger partial charge in [0.05, 0.1) is 12.2 Å². The first-order valence-electron chi connectivity index (χ1n) is 5.43. The smallest absolute Gasteiger partial charge is 0.311 e. The van der Waals surface area contributed by atoms with Crippen molar-refractivity contribution in [2.45, 2.75) is 19.8 Å². The molecule has 0 amide bonds. The van der Waals surface area contributed by atoms with Gasteiger partial charge in [-0.3, -0.25) is 4.79 Å². The molecule has 0 saturated heterocycles. The SMILES string of the molecule is CC(C)C(C(=O)O)c1cc2occc2cc1O. The molecule has 2 N–H and O–H groups in total. The molecule has 0 saturated carbocycles. The molecule has 0 bridgehead atoms. The number of hydrogen-bond donors (Lipinski definition) is 2. The van der Waals surface area contributed by atoms with E-state index < -0.39 is 11.9 Å². The van der Waals surface area contributed by atoms with Crippen LogP contribution >= 0.6 is 0 Å². The van der Waals surface area contributed by atoms with Crippen LogP contribution in [0.2, 0.25) is 0 Å². The van der Waals surface area contributed by atoms with Gasteiger partial charge in [-0.15, -0.1) is 0 Å². The summed E-state index contributed by atoms with van der Waals surface area (Å²) in [6.07, 6.45) is 1.51. The highest BCUT2D eigenvalue weighted by Crippen LogP contribution is 2.35. The zero-order valence-electron chi connectivity index (χ0n) is 9.68. The molecule has 1 unspecified atom stereocenters. The highest BCUT2D eigenvalue weighted by atomic mass is 16.4. The van der Waals surface area contributed by atoms with Gasteiger partial charge in [0.25, 0.3) is 0 Å². The number of hydrogen-bond acceptors (Lipinski definition) is 3. The summed E-state index contributed by atoms with van der Waals surface area (Å²) >= 11 is 0. The topological polar surface area (TPSA) is 70.7 Å². The number of phenolic OH excluding ortho intramolecular Hbond substituents is 1. The van der Waals surface area contributed by atoms with Crippen molar-refractivity contribution in [1.82, 2.24) is 0 Å². The Morgan fingerprint density at radius 1 is 1.35 bits per heavy atom. The average molecular weight is 234 g/mol.